The second kappa shape index (κ2) is 6.42. The number of aromatic nitrogens is 2. The Hall–Kier alpha value is -1.32. The van der Waals surface area contributed by atoms with Crippen LogP contribution in [0.25, 0.3) is 0 Å². The molecule has 4 heteroatoms. The minimum atomic E-state index is 0.668. The zero-order chi connectivity index (χ0) is 13.8. The van der Waals surface area contributed by atoms with Gasteiger partial charge in [-0.1, -0.05) is 23.7 Å². The summed E-state index contributed by atoms with van der Waals surface area (Å²) >= 11 is 6.03. The van der Waals surface area contributed by atoms with Gasteiger partial charge in [-0.25, -0.2) is 4.98 Å². The fourth-order valence-electron chi connectivity index (χ4n) is 2.80. The largest absolute Gasteiger partial charge is 0.337 e. The highest BCUT2D eigenvalue weighted by molar-refractivity contribution is 6.30. The van der Waals surface area contributed by atoms with Gasteiger partial charge in [0, 0.05) is 30.0 Å². The number of nitrogens with zero attached hydrogens (tertiary/aromatic N) is 2. The summed E-state index contributed by atoms with van der Waals surface area (Å²) in [6, 6.07) is 8.94. The van der Waals surface area contributed by atoms with E-state index >= 15 is 0 Å². The molecule has 1 aromatic carbocycles. The molecule has 0 saturated heterocycles. The third-order valence-corrected chi connectivity index (χ3v) is 4.28. The molecular weight excluding hydrogens is 270 g/mol. The molecule has 0 aliphatic heterocycles. The monoisotopic (exact) mass is 289 g/mol. The van der Waals surface area contributed by atoms with Gasteiger partial charge in [-0.3, -0.25) is 0 Å². The Morgan fingerprint density at radius 1 is 1.35 bits per heavy atom. The molecule has 1 N–H and O–H groups in total. The number of nitrogens with one attached hydrogen (secondary N) is 1. The van der Waals surface area contributed by atoms with Crippen LogP contribution in [-0.4, -0.2) is 22.1 Å². The lowest BCUT2D eigenvalue weighted by atomic mass is 9.76. The standard InChI is InChI=1S/C16H20ClN3/c17-15-4-1-3-13(9-15)14-10-16(11-14)19-5-2-7-20-8-6-18-12-20/h1,3-4,6,8-9,12,14,16,19H,2,5,7,10-11H2. The van der Waals surface area contributed by atoms with Gasteiger partial charge in [-0.15, -0.1) is 0 Å². The Kier molecular flexibility index (Phi) is 4.38. The van der Waals surface area contributed by atoms with Crippen LogP contribution >= 0.6 is 11.6 Å². The van der Waals surface area contributed by atoms with Crippen molar-refractivity contribution in [3.05, 3.63) is 53.6 Å². The van der Waals surface area contributed by atoms with Crippen LogP contribution < -0.4 is 5.32 Å². The Labute approximate surface area is 125 Å². The molecule has 0 bridgehead atoms. The molecule has 106 valence electrons. The predicted octanol–water partition coefficient (Wildman–Crippen LogP) is 3.46. The van der Waals surface area contributed by atoms with E-state index in [1.807, 2.05) is 30.9 Å². The first-order valence-corrected chi connectivity index (χ1v) is 7.63. The Morgan fingerprint density at radius 3 is 3.00 bits per heavy atom. The molecule has 1 aliphatic rings. The minimum absolute atomic E-state index is 0.668. The molecule has 1 aliphatic carbocycles. The van der Waals surface area contributed by atoms with Crippen molar-refractivity contribution in [2.24, 2.45) is 0 Å². The molecule has 0 amide bonds. The maximum atomic E-state index is 6.03. The third-order valence-electron chi connectivity index (χ3n) is 4.04. The zero-order valence-corrected chi connectivity index (χ0v) is 12.3. The Morgan fingerprint density at radius 2 is 2.25 bits per heavy atom. The van der Waals surface area contributed by atoms with Gasteiger partial charge in [0.15, 0.2) is 0 Å². The normalized spacial score (nSPS) is 21.6. The highest BCUT2D eigenvalue weighted by atomic mass is 35.5. The number of rotatable bonds is 6. The Bertz CT molecular complexity index is 532. The smallest absolute Gasteiger partial charge is 0.0945 e. The van der Waals surface area contributed by atoms with Gasteiger partial charge < -0.3 is 9.88 Å². The number of hydrogen-bond acceptors (Lipinski definition) is 2. The van der Waals surface area contributed by atoms with Crippen LogP contribution in [-0.2, 0) is 6.54 Å². The van der Waals surface area contributed by atoms with E-state index in [0.717, 1.165) is 24.5 Å². The van der Waals surface area contributed by atoms with E-state index in [1.54, 1.807) is 0 Å². The number of aryl methyl sites for hydroxylation is 1. The average Bonchev–Trinajstić information content (AvgIpc) is 2.89. The van der Waals surface area contributed by atoms with Gasteiger partial charge in [0.05, 0.1) is 6.33 Å². The first-order valence-electron chi connectivity index (χ1n) is 7.26. The molecular formula is C16H20ClN3. The second-order valence-corrected chi connectivity index (χ2v) is 5.96. The summed E-state index contributed by atoms with van der Waals surface area (Å²) in [5.74, 6) is 0.680. The molecule has 0 atom stereocenters. The van der Waals surface area contributed by atoms with E-state index in [1.165, 1.54) is 18.4 Å². The summed E-state index contributed by atoms with van der Waals surface area (Å²) in [4.78, 5) is 4.05. The summed E-state index contributed by atoms with van der Waals surface area (Å²) < 4.78 is 2.12. The maximum absolute atomic E-state index is 6.03. The number of hydrogen-bond donors (Lipinski definition) is 1. The first kappa shape index (κ1) is 13.7. The van der Waals surface area contributed by atoms with Gasteiger partial charge >= 0.3 is 0 Å². The van der Waals surface area contributed by atoms with E-state index in [0.29, 0.717) is 12.0 Å². The van der Waals surface area contributed by atoms with Gasteiger partial charge in [0.1, 0.15) is 0 Å². The number of benzene rings is 1. The van der Waals surface area contributed by atoms with Crippen LogP contribution in [0.4, 0.5) is 0 Å². The van der Waals surface area contributed by atoms with E-state index in [4.69, 9.17) is 11.6 Å². The van der Waals surface area contributed by atoms with E-state index in [2.05, 4.69) is 27.0 Å². The zero-order valence-electron chi connectivity index (χ0n) is 11.5. The van der Waals surface area contributed by atoms with Crippen LogP contribution in [0.2, 0.25) is 5.02 Å². The van der Waals surface area contributed by atoms with Crippen molar-refractivity contribution in [2.45, 2.75) is 37.8 Å². The molecule has 2 aromatic rings. The van der Waals surface area contributed by atoms with E-state index in [9.17, 15) is 0 Å². The van der Waals surface area contributed by atoms with Crippen molar-refractivity contribution in [3.63, 3.8) is 0 Å². The second-order valence-electron chi connectivity index (χ2n) is 5.53. The van der Waals surface area contributed by atoms with Crippen LogP contribution in [0.5, 0.6) is 0 Å². The van der Waals surface area contributed by atoms with E-state index in [-0.39, 0.29) is 0 Å². The molecule has 1 heterocycles. The molecule has 0 unspecified atom stereocenters. The quantitative estimate of drug-likeness (QED) is 0.825. The van der Waals surface area contributed by atoms with Crippen LogP contribution in [0.1, 0.15) is 30.7 Å². The maximum Gasteiger partial charge on any atom is 0.0945 e. The van der Waals surface area contributed by atoms with Crippen molar-refractivity contribution >= 4 is 11.6 Å². The topological polar surface area (TPSA) is 29.9 Å². The summed E-state index contributed by atoms with van der Waals surface area (Å²) in [5.41, 5.74) is 1.38. The van der Waals surface area contributed by atoms with Crippen LogP contribution in [0.15, 0.2) is 43.0 Å². The summed E-state index contributed by atoms with van der Waals surface area (Å²) in [5, 5.41) is 4.48. The average molecular weight is 290 g/mol. The lowest BCUT2D eigenvalue weighted by Crippen LogP contribution is -2.40. The molecule has 3 nitrogen and oxygen atoms in total. The van der Waals surface area contributed by atoms with Crippen molar-refractivity contribution in [3.8, 4) is 0 Å². The molecule has 1 fully saturated rings. The minimum Gasteiger partial charge on any atom is -0.337 e. The number of halogens is 1. The van der Waals surface area contributed by atoms with E-state index < -0.39 is 0 Å². The fourth-order valence-corrected chi connectivity index (χ4v) is 3.00. The van der Waals surface area contributed by atoms with Gasteiger partial charge in [0.25, 0.3) is 0 Å². The summed E-state index contributed by atoms with van der Waals surface area (Å²) in [7, 11) is 0. The number of imidazole rings is 1. The molecule has 1 aromatic heterocycles. The first-order chi connectivity index (χ1) is 9.81. The lowest BCUT2D eigenvalue weighted by molar-refractivity contribution is 0.289. The highest BCUT2D eigenvalue weighted by Crippen LogP contribution is 2.37. The van der Waals surface area contributed by atoms with Crippen molar-refractivity contribution < 1.29 is 0 Å². The third kappa shape index (κ3) is 3.41. The van der Waals surface area contributed by atoms with Gasteiger partial charge in [-0.2, -0.15) is 0 Å². The summed E-state index contributed by atoms with van der Waals surface area (Å²) in [6.45, 7) is 2.11. The van der Waals surface area contributed by atoms with Crippen molar-refractivity contribution in [1.82, 2.24) is 14.9 Å². The molecule has 3 rings (SSSR count). The Balaban J connectivity index is 1.34. The SMILES string of the molecule is Clc1cccc(C2CC(NCCCn3ccnc3)C2)c1. The predicted molar refractivity (Wildman–Crippen MR) is 82.1 cm³/mol. The summed E-state index contributed by atoms with van der Waals surface area (Å²) in [6.07, 6.45) is 9.32. The molecule has 0 radical (unpaired) electrons. The molecule has 1 saturated carbocycles. The highest BCUT2D eigenvalue weighted by Gasteiger charge is 2.29. The van der Waals surface area contributed by atoms with Gasteiger partial charge in [0.2, 0.25) is 0 Å². The van der Waals surface area contributed by atoms with Crippen molar-refractivity contribution in [1.29, 1.82) is 0 Å². The van der Waals surface area contributed by atoms with Crippen molar-refractivity contribution in [2.75, 3.05) is 6.54 Å². The van der Waals surface area contributed by atoms with Crippen LogP contribution in [0.3, 0.4) is 0 Å². The fraction of sp³-hybridized carbons (Fsp3) is 0.438. The van der Waals surface area contributed by atoms with Crippen LogP contribution in [0, 0.1) is 0 Å². The lowest BCUT2D eigenvalue weighted by Gasteiger charge is -2.36. The molecule has 20 heavy (non-hydrogen) atoms. The van der Waals surface area contributed by atoms with Gasteiger partial charge in [-0.05, 0) is 49.4 Å². The molecule has 0 spiro atoms.